The van der Waals surface area contributed by atoms with Crippen LogP contribution in [0.5, 0.6) is 5.88 Å². The number of nitrogens with two attached hydrogens (primary N) is 1. The highest BCUT2D eigenvalue weighted by atomic mass is 32.1. The average molecular weight is 477 g/mol. The van der Waals surface area contributed by atoms with Crippen molar-refractivity contribution < 1.29 is 19.3 Å². The first-order valence-corrected chi connectivity index (χ1v) is 12.4. The third-order valence-corrected chi connectivity index (χ3v) is 7.18. The topological polar surface area (TPSA) is 144 Å². The number of hydrogen-bond acceptors (Lipinski definition) is 10. The number of piperidine rings is 1. The Kier molecular flexibility index (Phi) is 6.71. The molecule has 4 rings (SSSR count). The Morgan fingerprint density at radius 2 is 2.09 bits per heavy atom. The van der Waals surface area contributed by atoms with Gasteiger partial charge in [0.25, 0.3) is 11.5 Å². The fraction of sp³-hybridized carbons (Fsp3) is 0.400. The lowest BCUT2D eigenvalue weighted by atomic mass is 9.94. The minimum absolute atomic E-state index is 0.311. The summed E-state index contributed by atoms with van der Waals surface area (Å²) in [4.78, 5) is 51.5. The summed E-state index contributed by atoms with van der Waals surface area (Å²) in [5.41, 5.74) is 5.18. The molecule has 0 unspecified atom stereocenters. The summed E-state index contributed by atoms with van der Waals surface area (Å²) < 4.78 is 6.17. The Bertz CT molecular complexity index is 1190. The highest BCUT2D eigenvalue weighted by Gasteiger charge is 2.25. The zero-order valence-corrected chi connectivity index (χ0v) is 19.2. The van der Waals surface area contributed by atoms with Crippen molar-refractivity contribution in [3.05, 3.63) is 39.6 Å². The predicted molar refractivity (Wildman–Crippen MR) is 125 cm³/mol. The summed E-state index contributed by atoms with van der Waals surface area (Å²) in [6.07, 6.45) is 4.32. The number of carbonyl (C=O) groups excluding carboxylic acids is 1. The third-order valence-electron chi connectivity index (χ3n) is 5.62. The van der Waals surface area contributed by atoms with Crippen LogP contribution in [-0.4, -0.2) is 56.8 Å². The van der Waals surface area contributed by atoms with Gasteiger partial charge in [-0.3, -0.25) is 9.59 Å². The normalized spacial score (nSPS) is 14.9. The molecule has 0 aliphatic carbocycles. The van der Waals surface area contributed by atoms with Gasteiger partial charge in [0, 0.05) is 30.7 Å². The second-order valence-electron chi connectivity index (χ2n) is 7.64. The van der Waals surface area contributed by atoms with Gasteiger partial charge in [0.05, 0.1) is 28.6 Å². The van der Waals surface area contributed by atoms with E-state index in [0.29, 0.717) is 57.5 Å². The minimum Gasteiger partial charge on any atom is -0.481 e. The van der Waals surface area contributed by atoms with Crippen LogP contribution in [0.2, 0.25) is 0 Å². The van der Waals surface area contributed by atoms with Crippen LogP contribution in [0, 0.1) is 5.92 Å². The molecule has 4 heterocycles. The maximum Gasteiger partial charge on any atom is 0.291 e. The van der Waals surface area contributed by atoms with Crippen LogP contribution in [0.1, 0.15) is 28.9 Å². The van der Waals surface area contributed by atoms with Crippen LogP contribution in [0.25, 0.3) is 10.8 Å². The van der Waals surface area contributed by atoms with Crippen molar-refractivity contribution >= 4 is 47.2 Å². The van der Waals surface area contributed by atoms with Gasteiger partial charge in [-0.15, -0.1) is 11.3 Å². The molecular formula is C20H24N5O5PS. The van der Waals surface area contributed by atoms with Crippen molar-refractivity contribution in [1.82, 2.24) is 14.8 Å². The zero-order valence-electron chi connectivity index (χ0n) is 17.5. The Balaban J connectivity index is 1.70. The zero-order chi connectivity index (χ0) is 22.8. The maximum atomic E-state index is 13.3. The predicted octanol–water partition coefficient (Wildman–Crippen LogP) is 2.04. The highest BCUT2D eigenvalue weighted by molar-refractivity contribution is 7.45. The largest absolute Gasteiger partial charge is 0.481 e. The lowest BCUT2D eigenvalue weighted by molar-refractivity contribution is 0.0944. The van der Waals surface area contributed by atoms with Crippen molar-refractivity contribution in [2.45, 2.75) is 19.3 Å². The number of fused-ring (bicyclic) bond motifs is 1. The Morgan fingerprint density at radius 3 is 2.72 bits per heavy atom. The molecule has 0 atom stereocenters. The molecule has 1 aliphatic rings. The maximum absolute atomic E-state index is 13.3. The highest BCUT2D eigenvalue weighted by Crippen LogP contribution is 2.33. The molecule has 170 valence electrons. The molecule has 1 aliphatic heterocycles. The molecule has 10 nitrogen and oxygen atoms in total. The van der Waals surface area contributed by atoms with E-state index in [2.05, 4.69) is 10.1 Å². The number of nitrogens with zero attached hydrogens (tertiary/aromatic N) is 4. The monoisotopic (exact) mass is 477 g/mol. The number of rotatable bonds is 6. The molecule has 0 bridgehead atoms. The summed E-state index contributed by atoms with van der Waals surface area (Å²) in [7, 11) is -0.369. The van der Waals surface area contributed by atoms with Gasteiger partial charge in [-0.1, -0.05) is 0 Å². The standard InChI is InChI=1S/C20H24N5O5PS/c1-30-16-10-13-11-22-25(19(26)14-2-3-15(21)32-14)20(27)17(13)18(23-16)24-7-4-12(5-8-24)6-9-31(28)29/h2-3,10-12,28-29H,4-9,21H2,1H3. The quantitative estimate of drug-likeness (QED) is 0.454. The number of pyridine rings is 1. The van der Waals surface area contributed by atoms with Gasteiger partial charge < -0.3 is 25.2 Å². The molecule has 3 aromatic heterocycles. The summed E-state index contributed by atoms with van der Waals surface area (Å²) in [5.74, 6) is 0.668. The van der Waals surface area contributed by atoms with Crippen LogP contribution in [0.4, 0.5) is 10.8 Å². The van der Waals surface area contributed by atoms with Crippen LogP contribution >= 0.6 is 19.7 Å². The first-order chi connectivity index (χ1) is 15.4. The molecule has 0 radical (unpaired) electrons. The molecule has 0 saturated carbocycles. The number of ether oxygens (including phenoxy) is 1. The second kappa shape index (κ2) is 9.50. The number of hydrogen-bond donors (Lipinski definition) is 3. The van der Waals surface area contributed by atoms with Crippen molar-refractivity contribution in [3.63, 3.8) is 0 Å². The van der Waals surface area contributed by atoms with E-state index in [9.17, 15) is 19.4 Å². The fourth-order valence-corrected chi connectivity index (χ4v) is 5.20. The van der Waals surface area contributed by atoms with Crippen molar-refractivity contribution in [3.8, 4) is 5.88 Å². The molecule has 4 N–H and O–H groups in total. The van der Waals surface area contributed by atoms with E-state index in [4.69, 9.17) is 10.5 Å². The van der Waals surface area contributed by atoms with Gasteiger partial charge >= 0.3 is 0 Å². The van der Waals surface area contributed by atoms with Crippen LogP contribution in [-0.2, 0) is 0 Å². The molecule has 0 aromatic carbocycles. The van der Waals surface area contributed by atoms with E-state index in [-0.39, 0.29) is 0 Å². The first-order valence-electron chi connectivity index (χ1n) is 10.1. The van der Waals surface area contributed by atoms with E-state index in [0.717, 1.165) is 35.3 Å². The van der Waals surface area contributed by atoms with Crippen molar-refractivity contribution in [1.29, 1.82) is 0 Å². The average Bonchev–Trinajstić information content (AvgIpc) is 3.23. The number of aromatic nitrogens is 3. The second-order valence-corrected chi connectivity index (χ2v) is 9.94. The summed E-state index contributed by atoms with van der Waals surface area (Å²) in [5, 5.41) is 5.41. The molecule has 32 heavy (non-hydrogen) atoms. The van der Waals surface area contributed by atoms with E-state index >= 15 is 0 Å². The van der Waals surface area contributed by atoms with Gasteiger partial charge in [0.1, 0.15) is 5.82 Å². The lowest BCUT2D eigenvalue weighted by Gasteiger charge is -2.33. The summed E-state index contributed by atoms with van der Waals surface area (Å²) in [6, 6.07) is 4.81. The molecule has 3 aromatic rings. The van der Waals surface area contributed by atoms with Gasteiger partial charge in [0.2, 0.25) is 5.88 Å². The molecule has 0 spiro atoms. The number of methoxy groups -OCH3 is 1. The first kappa shape index (κ1) is 22.6. The SMILES string of the molecule is COc1cc2cnn(C(=O)c3ccc(N)s3)c(=O)c2c(N2CCC(CCP(O)O)CC2)n1. The van der Waals surface area contributed by atoms with E-state index in [1.165, 1.54) is 13.3 Å². The summed E-state index contributed by atoms with van der Waals surface area (Å²) in [6.45, 7) is 1.32. The molecule has 12 heteroatoms. The molecule has 1 fully saturated rings. The smallest absolute Gasteiger partial charge is 0.291 e. The van der Waals surface area contributed by atoms with E-state index in [1.807, 2.05) is 4.90 Å². The van der Waals surface area contributed by atoms with Crippen molar-refractivity contribution in [2.24, 2.45) is 5.92 Å². The van der Waals surface area contributed by atoms with Gasteiger partial charge in [-0.2, -0.15) is 14.8 Å². The van der Waals surface area contributed by atoms with Crippen LogP contribution in [0.15, 0.2) is 29.2 Å². The van der Waals surface area contributed by atoms with Gasteiger partial charge in [0.15, 0.2) is 8.38 Å². The molecular weight excluding hydrogens is 453 g/mol. The number of carbonyl (C=O) groups is 1. The minimum atomic E-state index is -1.87. The molecule has 1 saturated heterocycles. The van der Waals surface area contributed by atoms with Gasteiger partial charge in [-0.25, -0.2) is 0 Å². The Morgan fingerprint density at radius 1 is 1.34 bits per heavy atom. The van der Waals surface area contributed by atoms with Crippen LogP contribution < -0.4 is 20.9 Å². The fourth-order valence-electron chi connectivity index (χ4n) is 3.91. The van der Waals surface area contributed by atoms with Crippen molar-refractivity contribution in [2.75, 3.05) is 37.0 Å². The van der Waals surface area contributed by atoms with Crippen LogP contribution in [0.3, 0.4) is 0 Å². The van der Waals surface area contributed by atoms with E-state index < -0.39 is 19.8 Å². The third kappa shape index (κ3) is 4.61. The van der Waals surface area contributed by atoms with E-state index in [1.54, 1.807) is 18.2 Å². The Labute approximate surface area is 189 Å². The van der Waals surface area contributed by atoms with Gasteiger partial charge in [-0.05, 0) is 37.3 Å². The molecule has 0 amide bonds. The number of nitrogen functional groups attached to an aromatic ring is 1. The number of thiophene rings is 1. The summed E-state index contributed by atoms with van der Waals surface area (Å²) >= 11 is 1.10. The Hall–Kier alpha value is -2.59. The number of anilines is 2. The lowest BCUT2D eigenvalue weighted by Crippen LogP contribution is -2.36.